The third-order valence-corrected chi connectivity index (χ3v) is 2.89. The molecule has 0 aliphatic rings. The van der Waals surface area contributed by atoms with Gasteiger partial charge in [-0.05, 0) is 35.9 Å². The van der Waals surface area contributed by atoms with Crippen molar-refractivity contribution >= 4 is 17.3 Å². The van der Waals surface area contributed by atoms with Gasteiger partial charge in [0.15, 0.2) is 11.5 Å². The summed E-state index contributed by atoms with van der Waals surface area (Å²) in [6.07, 6.45) is 0. The fourth-order valence-electron chi connectivity index (χ4n) is 1.68. The number of anilines is 1. The Morgan fingerprint density at radius 1 is 1.26 bits per heavy atom. The van der Waals surface area contributed by atoms with Gasteiger partial charge in [-0.3, -0.25) is 0 Å². The van der Waals surface area contributed by atoms with Crippen molar-refractivity contribution in [1.82, 2.24) is 0 Å². The first-order chi connectivity index (χ1) is 9.10. The molecule has 0 saturated heterocycles. The molecule has 0 spiro atoms. The normalized spacial score (nSPS) is 10.3. The Morgan fingerprint density at radius 2 is 2.05 bits per heavy atom. The Kier molecular flexibility index (Phi) is 4.12. The van der Waals surface area contributed by atoms with Gasteiger partial charge in [0, 0.05) is 11.6 Å². The number of methoxy groups -OCH3 is 1. The van der Waals surface area contributed by atoms with E-state index < -0.39 is 0 Å². The minimum Gasteiger partial charge on any atom is -0.504 e. The van der Waals surface area contributed by atoms with Crippen molar-refractivity contribution in [2.24, 2.45) is 0 Å². The third kappa shape index (κ3) is 3.29. The number of phenolic OH excluding ortho intramolecular Hbond substituents is 1. The number of benzene rings is 2. The maximum absolute atomic E-state index is 13.5. The van der Waals surface area contributed by atoms with Crippen LogP contribution in [-0.2, 0) is 6.54 Å². The highest BCUT2D eigenvalue weighted by Crippen LogP contribution is 2.27. The SMILES string of the molecule is COc1ccc(CNc2cc(Cl)ccc2F)cc1O. The first kappa shape index (κ1) is 13.5. The van der Waals surface area contributed by atoms with Gasteiger partial charge >= 0.3 is 0 Å². The molecule has 0 aliphatic carbocycles. The Bertz CT molecular complexity index is 590. The molecule has 0 fully saturated rings. The van der Waals surface area contributed by atoms with E-state index in [1.807, 2.05) is 0 Å². The molecule has 0 heterocycles. The largest absolute Gasteiger partial charge is 0.504 e. The predicted molar refractivity (Wildman–Crippen MR) is 73.4 cm³/mol. The van der Waals surface area contributed by atoms with E-state index >= 15 is 0 Å². The summed E-state index contributed by atoms with van der Waals surface area (Å²) in [6.45, 7) is 0.370. The lowest BCUT2D eigenvalue weighted by Gasteiger charge is -2.09. The lowest BCUT2D eigenvalue weighted by atomic mass is 10.2. The number of hydrogen-bond donors (Lipinski definition) is 2. The van der Waals surface area contributed by atoms with Crippen molar-refractivity contribution in [3.05, 3.63) is 52.8 Å². The lowest BCUT2D eigenvalue weighted by molar-refractivity contribution is 0.373. The topological polar surface area (TPSA) is 41.5 Å². The standard InChI is InChI=1S/C14H13ClFNO2/c1-19-14-5-2-9(6-13(14)18)8-17-12-7-10(15)3-4-11(12)16/h2-7,17-18H,8H2,1H3. The zero-order valence-electron chi connectivity index (χ0n) is 10.3. The second-order valence-electron chi connectivity index (χ2n) is 3.98. The third-order valence-electron chi connectivity index (χ3n) is 2.65. The molecular weight excluding hydrogens is 269 g/mol. The lowest BCUT2D eigenvalue weighted by Crippen LogP contribution is -2.01. The molecule has 0 atom stereocenters. The molecule has 0 bridgehead atoms. The number of aromatic hydroxyl groups is 1. The highest BCUT2D eigenvalue weighted by atomic mass is 35.5. The van der Waals surface area contributed by atoms with E-state index in [2.05, 4.69) is 5.32 Å². The molecule has 0 amide bonds. The second-order valence-corrected chi connectivity index (χ2v) is 4.42. The monoisotopic (exact) mass is 281 g/mol. The van der Waals surface area contributed by atoms with Gasteiger partial charge < -0.3 is 15.2 Å². The molecule has 0 saturated carbocycles. The highest BCUT2D eigenvalue weighted by Gasteiger charge is 2.05. The van der Waals surface area contributed by atoms with Crippen LogP contribution >= 0.6 is 11.6 Å². The van der Waals surface area contributed by atoms with E-state index in [1.165, 1.54) is 25.3 Å². The number of ether oxygens (including phenoxy) is 1. The number of rotatable bonds is 4. The van der Waals surface area contributed by atoms with Crippen molar-refractivity contribution in [1.29, 1.82) is 0 Å². The first-order valence-electron chi connectivity index (χ1n) is 5.65. The van der Waals surface area contributed by atoms with Crippen LogP contribution in [0.2, 0.25) is 5.02 Å². The van der Waals surface area contributed by atoms with Crippen LogP contribution in [0.3, 0.4) is 0 Å². The molecule has 2 aromatic carbocycles. The van der Waals surface area contributed by atoms with Crippen molar-refractivity contribution in [2.45, 2.75) is 6.54 Å². The minimum atomic E-state index is -0.373. The summed E-state index contributed by atoms with van der Waals surface area (Å²) in [6, 6.07) is 9.31. The minimum absolute atomic E-state index is 0.0494. The summed E-state index contributed by atoms with van der Waals surface area (Å²) < 4.78 is 18.4. The molecule has 3 nitrogen and oxygen atoms in total. The first-order valence-corrected chi connectivity index (χ1v) is 6.03. The summed E-state index contributed by atoms with van der Waals surface area (Å²) in [5.41, 5.74) is 1.13. The van der Waals surface area contributed by atoms with Crippen LogP contribution in [0.15, 0.2) is 36.4 Å². The quantitative estimate of drug-likeness (QED) is 0.895. The summed E-state index contributed by atoms with van der Waals surface area (Å²) in [7, 11) is 1.48. The summed E-state index contributed by atoms with van der Waals surface area (Å²) in [5.74, 6) is 0.0770. The number of hydrogen-bond acceptors (Lipinski definition) is 3. The van der Waals surface area contributed by atoms with Crippen LogP contribution in [0, 0.1) is 5.82 Å². The van der Waals surface area contributed by atoms with Crippen molar-refractivity contribution in [3.63, 3.8) is 0 Å². The van der Waals surface area contributed by atoms with Gasteiger partial charge in [0.2, 0.25) is 0 Å². The van der Waals surface area contributed by atoms with E-state index in [9.17, 15) is 9.50 Å². The van der Waals surface area contributed by atoms with Gasteiger partial charge in [-0.15, -0.1) is 0 Å². The van der Waals surface area contributed by atoms with E-state index in [0.29, 0.717) is 23.0 Å². The zero-order valence-corrected chi connectivity index (χ0v) is 11.0. The van der Waals surface area contributed by atoms with Gasteiger partial charge in [0.1, 0.15) is 5.82 Å². The van der Waals surface area contributed by atoms with Crippen LogP contribution in [0.4, 0.5) is 10.1 Å². The Morgan fingerprint density at radius 3 is 2.74 bits per heavy atom. The van der Waals surface area contributed by atoms with E-state index in [-0.39, 0.29) is 11.6 Å². The van der Waals surface area contributed by atoms with Crippen LogP contribution in [0.5, 0.6) is 11.5 Å². The van der Waals surface area contributed by atoms with Gasteiger partial charge in [-0.1, -0.05) is 17.7 Å². The van der Waals surface area contributed by atoms with Crippen LogP contribution < -0.4 is 10.1 Å². The van der Waals surface area contributed by atoms with Gasteiger partial charge in [-0.2, -0.15) is 0 Å². The Labute approximate surface area is 115 Å². The Hall–Kier alpha value is -1.94. The van der Waals surface area contributed by atoms with Crippen LogP contribution in [0.1, 0.15) is 5.56 Å². The molecule has 2 aromatic rings. The molecule has 100 valence electrons. The maximum Gasteiger partial charge on any atom is 0.160 e. The summed E-state index contributed by atoms with van der Waals surface area (Å²) >= 11 is 5.80. The van der Waals surface area contributed by atoms with Crippen molar-refractivity contribution < 1.29 is 14.2 Å². The number of phenols is 1. The van der Waals surface area contributed by atoms with Gasteiger partial charge in [0.25, 0.3) is 0 Å². The highest BCUT2D eigenvalue weighted by molar-refractivity contribution is 6.30. The van der Waals surface area contributed by atoms with Gasteiger partial charge in [-0.25, -0.2) is 4.39 Å². The van der Waals surface area contributed by atoms with Crippen LogP contribution in [-0.4, -0.2) is 12.2 Å². The van der Waals surface area contributed by atoms with Gasteiger partial charge in [0.05, 0.1) is 12.8 Å². The van der Waals surface area contributed by atoms with E-state index in [1.54, 1.807) is 18.2 Å². The fourth-order valence-corrected chi connectivity index (χ4v) is 1.85. The van der Waals surface area contributed by atoms with Crippen molar-refractivity contribution in [3.8, 4) is 11.5 Å². The average Bonchev–Trinajstić information content (AvgIpc) is 2.40. The number of nitrogens with one attached hydrogen (secondary N) is 1. The molecule has 2 rings (SSSR count). The van der Waals surface area contributed by atoms with Crippen LogP contribution in [0.25, 0.3) is 0 Å². The Balaban J connectivity index is 2.10. The molecule has 2 N–H and O–H groups in total. The molecule has 0 aliphatic heterocycles. The van der Waals surface area contributed by atoms with E-state index in [0.717, 1.165) is 5.56 Å². The molecule has 5 heteroatoms. The smallest absolute Gasteiger partial charge is 0.160 e. The predicted octanol–water partition coefficient (Wildman–Crippen LogP) is 3.81. The molecular formula is C14H13ClFNO2. The fraction of sp³-hybridized carbons (Fsp3) is 0.143. The maximum atomic E-state index is 13.5. The second kappa shape index (κ2) is 5.80. The van der Waals surface area contributed by atoms with E-state index in [4.69, 9.17) is 16.3 Å². The number of halogens is 2. The molecule has 0 radical (unpaired) electrons. The average molecular weight is 282 g/mol. The van der Waals surface area contributed by atoms with Crippen molar-refractivity contribution in [2.75, 3.05) is 12.4 Å². The molecule has 0 unspecified atom stereocenters. The molecule has 19 heavy (non-hydrogen) atoms. The summed E-state index contributed by atoms with van der Waals surface area (Å²) in [5, 5.41) is 13.0. The summed E-state index contributed by atoms with van der Waals surface area (Å²) in [4.78, 5) is 0. The molecule has 0 aromatic heterocycles. The zero-order chi connectivity index (χ0) is 13.8.